The molecule has 2 rings (SSSR count). The summed E-state index contributed by atoms with van der Waals surface area (Å²) in [5.74, 6) is 0.946. The molecular formula is C13H13BrO. The van der Waals surface area contributed by atoms with E-state index in [0.717, 1.165) is 5.76 Å². The second kappa shape index (κ2) is 4.23. The zero-order valence-corrected chi connectivity index (χ0v) is 10.4. The highest BCUT2D eigenvalue weighted by Gasteiger charge is 2.14. The number of hydrogen-bond acceptors (Lipinski definition) is 1. The summed E-state index contributed by atoms with van der Waals surface area (Å²) in [5, 5.41) is 0. The van der Waals surface area contributed by atoms with Crippen molar-refractivity contribution in [3.05, 3.63) is 59.0 Å². The molecule has 0 fully saturated rings. The molecule has 1 aromatic carbocycles. The van der Waals surface area contributed by atoms with Crippen molar-refractivity contribution in [2.75, 3.05) is 0 Å². The van der Waals surface area contributed by atoms with Crippen LogP contribution in [0.4, 0.5) is 0 Å². The van der Waals surface area contributed by atoms with Crippen LogP contribution >= 0.6 is 15.9 Å². The average molecular weight is 265 g/mol. The first-order chi connectivity index (χ1) is 7.18. The first-order valence-corrected chi connectivity index (χ1v) is 5.84. The van der Waals surface area contributed by atoms with Crippen LogP contribution in [-0.4, -0.2) is 0 Å². The van der Waals surface area contributed by atoms with E-state index in [-0.39, 0.29) is 4.83 Å². The van der Waals surface area contributed by atoms with E-state index in [9.17, 15) is 0 Å². The van der Waals surface area contributed by atoms with E-state index >= 15 is 0 Å². The monoisotopic (exact) mass is 264 g/mol. The predicted molar refractivity (Wildman–Crippen MR) is 65.4 cm³/mol. The lowest BCUT2D eigenvalue weighted by atomic mass is 10.0. The highest BCUT2D eigenvalue weighted by molar-refractivity contribution is 9.09. The first-order valence-electron chi connectivity index (χ1n) is 4.93. The average Bonchev–Trinajstić information content (AvgIpc) is 2.69. The maximum absolute atomic E-state index is 5.39. The summed E-state index contributed by atoms with van der Waals surface area (Å²) >= 11 is 3.65. The van der Waals surface area contributed by atoms with Crippen LogP contribution in [0.2, 0.25) is 0 Å². The van der Waals surface area contributed by atoms with Crippen LogP contribution in [0.1, 0.15) is 27.3 Å². The Balaban J connectivity index is 2.38. The summed E-state index contributed by atoms with van der Waals surface area (Å²) < 4.78 is 5.39. The van der Waals surface area contributed by atoms with Crippen LogP contribution in [0.3, 0.4) is 0 Å². The lowest BCUT2D eigenvalue weighted by Crippen LogP contribution is -1.94. The van der Waals surface area contributed by atoms with E-state index < -0.39 is 0 Å². The van der Waals surface area contributed by atoms with Crippen molar-refractivity contribution in [2.24, 2.45) is 0 Å². The highest BCUT2D eigenvalue weighted by atomic mass is 79.9. The molecule has 78 valence electrons. The lowest BCUT2D eigenvalue weighted by Gasteiger charge is -2.11. The number of benzene rings is 1. The van der Waals surface area contributed by atoms with Crippen molar-refractivity contribution in [1.29, 1.82) is 0 Å². The van der Waals surface area contributed by atoms with E-state index in [1.807, 2.05) is 12.1 Å². The Morgan fingerprint density at radius 2 is 2.00 bits per heavy atom. The third kappa shape index (κ3) is 2.15. The molecule has 1 atom stereocenters. The summed E-state index contributed by atoms with van der Waals surface area (Å²) in [4.78, 5) is 0.146. The minimum Gasteiger partial charge on any atom is -0.468 e. The van der Waals surface area contributed by atoms with Crippen molar-refractivity contribution in [3.8, 4) is 0 Å². The smallest absolute Gasteiger partial charge is 0.121 e. The molecule has 1 heterocycles. The first kappa shape index (κ1) is 10.5. The van der Waals surface area contributed by atoms with Gasteiger partial charge in [0.2, 0.25) is 0 Å². The molecule has 0 saturated carbocycles. The molecular weight excluding hydrogens is 252 g/mol. The topological polar surface area (TPSA) is 13.1 Å². The van der Waals surface area contributed by atoms with E-state index in [1.54, 1.807) is 6.26 Å². The van der Waals surface area contributed by atoms with Gasteiger partial charge >= 0.3 is 0 Å². The van der Waals surface area contributed by atoms with Gasteiger partial charge in [0.25, 0.3) is 0 Å². The summed E-state index contributed by atoms with van der Waals surface area (Å²) in [6.07, 6.45) is 1.70. The van der Waals surface area contributed by atoms with Gasteiger partial charge in [0, 0.05) is 0 Å². The van der Waals surface area contributed by atoms with Crippen LogP contribution < -0.4 is 0 Å². The van der Waals surface area contributed by atoms with E-state index in [1.165, 1.54) is 16.7 Å². The summed E-state index contributed by atoms with van der Waals surface area (Å²) in [6, 6.07) is 10.4. The van der Waals surface area contributed by atoms with E-state index in [0.29, 0.717) is 0 Å². The van der Waals surface area contributed by atoms with E-state index in [2.05, 4.69) is 48.0 Å². The minimum atomic E-state index is 0.146. The molecule has 0 bridgehead atoms. The molecule has 0 aliphatic carbocycles. The molecule has 0 aliphatic heterocycles. The fourth-order valence-electron chi connectivity index (χ4n) is 1.70. The maximum Gasteiger partial charge on any atom is 0.121 e. The van der Waals surface area contributed by atoms with Crippen molar-refractivity contribution >= 4 is 15.9 Å². The largest absolute Gasteiger partial charge is 0.468 e. The third-order valence-corrected chi connectivity index (χ3v) is 3.44. The molecule has 1 nitrogen and oxygen atoms in total. The normalized spacial score (nSPS) is 12.7. The number of rotatable bonds is 2. The standard InChI is InChI=1S/C13H13BrO/c1-9-5-6-11(10(2)8-9)13(14)12-4-3-7-15-12/h3-8,13H,1-2H3. The van der Waals surface area contributed by atoms with Gasteiger partial charge in [-0.1, -0.05) is 39.7 Å². The Hall–Kier alpha value is -1.02. The number of halogens is 1. The molecule has 0 spiro atoms. The SMILES string of the molecule is Cc1ccc(C(Br)c2ccco2)c(C)c1. The van der Waals surface area contributed by atoms with Crippen LogP contribution in [0, 0.1) is 13.8 Å². The van der Waals surface area contributed by atoms with Crippen molar-refractivity contribution < 1.29 is 4.42 Å². The van der Waals surface area contributed by atoms with Crippen molar-refractivity contribution in [1.82, 2.24) is 0 Å². The van der Waals surface area contributed by atoms with Gasteiger partial charge in [-0.3, -0.25) is 0 Å². The molecule has 15 heavy (non-hydrogen) atoms. The molecule has 1 aromatic heterocycles. The molecule has 0 amide bonds. The van der Waals surface area contributed by atoms with Gasteiger partial charge in [0.15, 0.2) is 0 Å². The zero-order valence-electron chi connectivity index (χ0n) is 8.83. The Labute approximate surface area is 98.2 Å². The Morgan fingerprint density at radius 1 is 1.20 bits per heavy atom. The number of furan rings is 1. The molecule has 0 saturated heterocycles. The lowest BCUT2D eigenvalue weighted by molar-refractivity contribution is 0.519. The quantitative estimate of drug-likeness (QED) is 0.734. The van der Waals surface area contributed by atoms with Gasteiger partial charge < -0.3 is 4.42 Å². The molecule has 0 N–H and O–H groups in total. The molecule has 0 aliphatic rings. The molecule has 1 unspecified atom stereocenters. The predicted octanol–water partition coefficient (Wildman–Crippen LogP) is 4.38. The van der Waals surface area contributed by atoms with Gasteiger partial charge in [-0.05, 0) is 37.1 Å². The van der Waals surface area contributed by atoms with Gasteiger partial charge in [-0.25, -0.2) is 0 Å². The van der Waals surface area contributed by atoms with Crippen LogP contribution in [0.25, 0.3) is 0 Å². The fraction of sp³-hybridized carbons (Fsp3) is 0.231. The van der Waals surface area contributed by atoms with Gasteiger partial charge in [0.05, 0.1) is 11.1 Å². The van der Waals surface area contributed by atoms with E-state index in [4.69, 9.17) is 4.42 Å². The second-order valence-corrected chi connectivity index (χ2v) is 4.65. The molecule has 2 heteroatoms. The Bertz CT molecular complexity index is 446. The summed E-state index contributed by atoms with van der Waals surface area (Å²) in [7, 11) is 0. The molecule has 0 radical (unpaired) electrons. The van der Waals surface area contributed by atoms with Gasteiger partial charge in [0.1, 0.15) is 5.76 Å². The second-order valence-electron chi connectivity index (χ2n) is 3.74. The number of hydrogen-bond donors (Lipinski definition) is 0. The molecule has 2 aromatic rings. The van der Waals surface area contributed by atoms with Crippen molar-refractivity contribution in [2.45, 2.75) is 18.7 Å². The van der Waals surface area contributed by atoms with Crippen LogP contribution in [0.5, 0.6) is 0 Å². The van der Waals surface area contributed by atoms with Crippen molar-refractivity contribution in [3.63, 3.8) is 0 Å². The zero-order chi connectivity index (χ0) is 10.8. The maximum atomic E-state index is 5.39. The fourth-order valence-corrected chi connectivity index (χ4v) is 2.47. The number of alkyl halides is 1. The minimum absolute atomic E-state index is 0.146. The van der Waals surface area contributed by atoms with Crippen LogP contribution in [0.15, 0.2) is 41.0 Å². The number of aryl methyl sites for hydroxylation is 2. The Kier molecular flexibility index (Phi) is 2.96. The highest BCUT2D eigenvalue weighted by Crippen LogP contribution is 2.33. The van der Waals surface area contributed by atoms with Crippen LogP contribution in [-0.2, 0) is 0 Å². The van der Waals surface area contributed by atoms with Gasteiger partial charge in [-0.2, -0.15) is 0 Å². The Morgan fingerprint density at radius 3 is 2.60 bits per heavy atom. The third-order valence-electron chi connectivity index (χ3n) is 2.49. The summed E-state index contributed by atoms with van der Waals surface area (Å²) in [6.45, 7) is 4.23. The van der Waals surface area contributed by atoms with Gasteiger partial charge in [-0.15, -0.1) is 0 Å². The summed E-state index contributed by atoms with van der Waals surface area (Å²) in [5.41, 5.74) is 3.83.